The predicted molar refractivity (Wildman–Crippen MR) is 72.2 cm³/mol. The average molecular weight is 281 g/mol. The van der Waals surface area contributed by atoms with E-state index in [4.69, 9.17) is 5.73 Å². The molecule has 3 N–H and O–H groups in total. The van der Waals surface area contributed by atoms with Crippen LogP contribution in [0.2, 0.25) is 0 Å². The number of alkyl halides is 3. The lowest BCUT2D eigenvalue weighted by molar-refractivity contribution is -0.136. The summed E-state index contributed by atoms with van der Waals surface area (Å²) in [6.45, 7) is 2.32. The lowest BCUT2D eigenvalue weighted by atomic mass is 10.1. The van der Waals surface area contributed by atoms with Crippen LogP contribution in [0.4, 0.5) is 24.5 Å². The molecule has 0 amide bonds. The number of benzene rings is 1. The summed E-state index contributed by atoms with van der Waals surface area (Å²) in [6.07, 6.45) is -1.09. The van der Waals surface area contributed by atoms with Crippen molar-refractivity contribution in [1.82, 2.24) is 4.98 Å². The van der Waals surface area contributed by atoms with Gasteiger partial charge in [0.1, 0.15) is 0 Å². The second-order valence-corrected chi connectivity index (χ2v) is 4.46. The van der Waals surface area contributed by atoms with Gasteiger partial charge in [-0.2, -0.15) is 13.2 Å². The molecule has 0 aliphatic heterocycles. The lowest BCUT2D eigenvalue weighted by Gasteiger charge is -2.13. The first-order chi connectivity index (χ1) is 9.38. The fraction of sp³-hybridized carbons (Fsp3) is 0.214. The van der Waals surface area contributed by atoms with Crippen LogP contribution in [0.1, 0.15) is 16.7 Å². The molecule has 0 aliphatic rings. The Hall–Kier alpha value is -2.24. The maximum atomic E-state index is 12.7. The Morgan fingerprint density at radius 3 is 2.65 bits per heavy atom. The molecule has 0 saturated carbocycles. The van der Waals surface area contributed by atoms with Crippen LogP contribution in [0.15, 0.2) is 36.7 Å². The number of nitrogens with two attached hydrogens (primary N) is 1. The molecule has 0 aliphatic carbocycles. The molecule has 106 valence electrons. The second kappa shape index (κ2) is 5.40. The minimum atomic E-state index is -4.45. The van der Waals surface area contributed by atoms with Crippen molar-refractivity contribution in [2.45, 2.75) is 19.6 Å². The third-order valence-electron chi connectivity index (χ3n) is 2.98. The molecule has 0 radical (unpaired) electrons. The maximum absolute atomic E-state index is 12.7. The van der Waals surface area contributed by atoms with Gasteiger partial charge in [0, 0.05) is 30.3 Å². The number of hydrogen-bond donors (Lipinski definition) is 2. The molecule has 1 heterocycles. The summed E-state index contributed by atoms with van der Waals surface area (Å²) in [7, 11) is 0. The van der Waals surface area contributed by atoms with Gasteiger partial charge in [0.25, 0.3) is 0 Å². The molecule has 1 aromatic heterocycles. The Morgan fingerprint density at radius 2 is 2.00 bits per heavy atom. The average Bonchev–Trinajstić information content (AvgIpc) is 2.38. The zero-order valence-electron chi connectivity index (χ0n) is 10.8. The number of pyridine rings is 1. The van der Waals surface area contributed by atoms with Crippen molar-refractivity contribution in [2.75, 3.05) is 11.1 Å². The summed E-state index contributed by atoms with van der Waals surface area (Å²) >= 11 is 0. The third kappa shape index (κ3) is 3.20. The number of anilines is 2. The zero-order valence-corrected chi connectivity index (χ0v) is 10.8. The summed E-state index contributed by atoms with van der Waals surface area (Å²) in [5, 5.41) is 2.96. The van der Waals surface area contributed by atoms with E-state index in [1.165, 1.54) is 12.1 Å². The van der Waals surface area contributed by atoms with E-state index in [1.54, 1.807) is 12.4 Å². The van der Waals surface area contributed by atoms with Gasteiger partial charge in [-0.05, 0) is 42.3 Å². The number of rotatable bonds is 3. The number of halogens is 3. The Labute approximate surface area is 114 Å². The molecule has 2 aromatic rings. The molecule has 20 heavy (non-hydrogen) atoms. The van der Waals surface area contributed by atoms with Gasteiger partial charge in [-0.15, -0.1) is 0 Å². The molecule has 6 heteroatoms. The van der Waals surface area contributed by atoms with Crippen LogP contribution in [-0.2, 0) is 12.7 Å². The molecule has 0 atom stereocenters. The predicted octanol–water partition coefficient (Wildman–Crippen LogP) is 3.60. The van der Waals surface area contributed by atoms with Gasteiger partial charge in [0.05, 0.1) is 5.56 Å². The fourth-order valence-corrected chi connectivity index (χ4v) is 1.81. The molecular weight excluding hydrogens is 267 g/mol. The fourth-order valence-electron chi connectivity index (χ4n) is 1.81. The van der Waals surface area contributed by atoms with Crippen LogP contribution < -0.4 is 11.1 Å². The zero-order chi connectivity index (χ0) is 14.8. The molecule has 0 unspecified atom stereocenters. The molecule has 2 rings (SSSR count). The number of hydrogen-bond acceptors (Lipinski definition) is 3. The quantitative estimate of drug-likeness (QED) is 0.845. The third-order valence-corrected chi connectivity index (χ3v) is 2.98. The number of aryl methyl sites for hydroxylation is 1. The SMILES string of the molecule is Cc1cnccc1CNc1ccc(N)c(C(F)(F)F)c1. The van der Waals surface area contributed by atoms with Gasteiger partial charge in [-0.25, -0.2) is 0 Å². The van der Waals surface area contributed by atoms with Crippen LogP contribution in [0.3, 0.4) is 0 Å². The van der Waals surface area contributed by atoms with Gasteiger partial charge >= 0.3 is 6.18 Å². The van der Waals surface area contributed by atoms with Gasteiger partial charge in [-0.3, -0.25) is 4.98 Å². The standard InChI is InChI=1S/C14H14F3N3/c1-9-7-19-5-4-10(9)8-20-11-2-3-13(18)12(6-11)14(15,16)17/h2-7,20H,8,18H2,1H3. The highest BCUT2D eigenvalue weighted by atomic mass is 19.4. The van der Waals surface area contributed by atoms with Crippen LogP contribution in [-0.4, -0.2) is 4.98 Å². The highest BCUT2D eigenvalue weighted by molar-refractivity contribution is 5.58. The first-order valence-electron chi connectivity index (χ1n) is 5.98. The normalized spacial score (nSPS) is 11.4. The van der Waals surface area contributed by atoms with Crippen LogP contribution in [0.5, 0.6) is 0 Å². The van der Waals surface area contributed by atoms with Crippen molar-refractivity contribution in [1.29, 1.82) is 0 Å². The Morgan fingerprint density at radius 1 is 1.25 bits per heavy atom. The summed E-state index contributed by atoms with van der Waals surface area (Å²) in [6, 6.07) is 5.63. The van der Waals surface area contributed by atoms with E-state index in [2.05, 4.69) is 10.3 Å². The van der Waals surface area contributed by atoms with Gasteiger partial charge in [-0.1, -0.05) is 0 Å². The number of nitrogens with one attached hydrogen (secondary N) is 1. The second-order valence-electron chi connectivity index (χ2n) is 4.46. The van der Waals surface area contributed by atoms with Crippen LogP contribution in [0.25, 0.3) is 0 Å². The van der Waals surface area contributed by atoms with Gasteiger partial charge in [0.15, 0.2) is 0 Å². The van der Waals surface area contributed by atoms with E-state index in [1.807, 2.05) is 13.0 Å². The van der Waals surface area contributed by atoms with Crippen molar-refractivity contribution < 1.29 is 13.2 Å². The van der Waals surface area contributed by atoms with Crippen LogP contribution in [0, 0.1) is 6.92 Å². The monoisotopic (exact) mass is 281 g/mol. The molecular formula is C14H14F3N3. The Kier molecular flexibility index (Phi) is 3.83. The summed E-state index contributed by atoms with van der Waals surface area (Å²) in [4.78, 5) is 3.96. The number of aromatic nitrogens is 1. The minimum Gasteiger partial charge on any atom is -0.398 e. The number of nitrogen functional groups attached to an aromatic ring is 1. The van der Waals surface area contributed by atoms with Crippen molar-refractivity contribution in [3.8, 4) is 0 Å². The van der Waals surface area contributed by atoms with E-state index in [9.17, 15) is 13.2 Å². The first kappa shape index (κ1) is 14.2. The van der Waals surface area contributed by atoms with Crippen molar-refractivity contribution in [3.05, 3.63) is 53.3 Å². The van der Waals surface area contributed by atoms with Crippen molar-refractivity contribution in [2.24, 2.45) is 0 Å². The van der Waals surface area contributed by atoms with Crippen molar-refractivity contribution >= 4 is 11.4 Å². The van der Waals surface area contributed by atoms with E-state index >= 15 is 0 Å². The van der Waals surface area contributed by atoms with Crippen LogP contribution >= 0.6 is 0 Å². The summed E-state index contributed by atoms with van der Waals surface area (Å²) in [5.74, 6) is 0. The first-order valence-corrected chi connectivity index (χ1v) is 5.98. The smallest absolute Gasteiger partial charge is 0.398 e. The summed E-state index contributed by atoms with van der Waals surface area (Å²) in [5.41, 5.74) is 6.58. The molecule has 0 spiro atoms. The van der Waals surface area contributed by atoms with Crippen molar-refractivity contribution in [3.63, 3.8) is 0 Å². The Bertz CT molecular complexity index is 609. The van der Waals surface area contributed by atoms with E-state index in [0.29, 0.717) is 12.2 Å². The lowest BCUT2D eigenvalue weighted by Crippen LogP contribution is -2.10. The molecule has 0 saturated heterocycles. The van der Waals surface area contributed by atoms with E-state index in [-0.39, 0.29) is 5.69 Å². The number of nitrogens with zero attached hydrogens (tertiary/aromatic N) is 1. The molecule has 0 fully saturated rings. The van der Waals surface area contributed by atoms with Gasteiger partial charge in [0.2, 0.25) is 0 Å². The maximum Gasteiger partial charge on any atom is 0.418 e. The van der Waals surface area contributed by atoms with Gasteiger partial charge < -0.3 is 11.1 Å². The highest BCUT2D eigenvalue weighted by Crippen LogP contribution is 2.35. The molecule has 3 nitrogen and oxygen atoms in total. The largest absolute Gasteiger partial charge is 0.418 e. The van der Waals surface area contributed by atoms with E-state index in [0.717, 1.165) is 17.2 Å². The topological polar surface area (TPSA) is 50.9 Å². The Balaban J connectivity index is 2.17. The minimum absolute atomic E-state index is 0.275. The summed E-state index contributed by atoms with van der Waals surface area (Å²) < 4.78 is 38.2. The molecule has 1 aromatic carbocycles. The molecule has 0 bridgehead atoms. The van der Waals surface area contributed by atoms with E-state index < -0.39 is 11.7 Å². The highest BCUT2D eigenvalue weighted by Gasteiger charge is 2.33.